The van der Waals surface area contributed by atoms with Gasteiger partial charge in [-0.2, -0.15) is 0 Å². The van der Waals surface area contributed by atoms with E-state index in [0.717, 1.165) is 7.11 Å². The summed E-state index contributed by atoms with van der Waals surface area (Å²) in [6.07, 6.45) is 2.18. The Morgan fingerprint density at radius 2 is 1.39 bits per heavy atom. The number of hydrogen-bond acceptors (Lipinski definition) is 4. The van der Waals surface area contributed by atoms with E-state index < -0.39 is 6.16 Å². The quantitative estimate of drug-likeness (QED) is 0.404. The molecule has 5 nitrogen and oxygen atoms in total. The zero-order valence-electron chi connectivity index (χ0n) is 14.6. The number of allylic oxidation sites excluding steroid dienone is 1. The van der Waals surface area contributed by atoms with Gasteiger partial charge < -0.3 is 20.1 Å². The molecular formula is C17H29O5Ti-. The molecule has 0 unspecified atom stereocenters. The van der Waals surface area contributed by atoms with Crippen LogP contribution in [0.1, 0.15) is 33.3 Å². The fourth-order valence-corrected chi connectivity index (χ4v) is 0.700. The third-order valence-electron chi connectivity index (χ3n) is 1.28. The Hall–Kier alpha value is -1.27. The molecule has 0 saturated carbocycles. The van der Waals surface area contributed by atoms with E-state index in [2.05, 4.69) is 11.7 Å². The first kappa shape index (κ1) is 29.7. The fourth-order valence-electron chi connectivity index (χ4n) is 0.700. The molecule has 0 amide bonds. The van der Waals surface area contributed by atoms with Crippen molar-refractivity contribution in [2.45, 2.75) is 39.9 Å². The van der Waals surface area contributed by atoms with Crippen molar-refractivity contribution in [1.82, 2.24) is 0 Å². The van der Waals surface area contributed by atoms with E-state index in [1.807, 2.05) is 36.4 Å². The smallest absolute Gasteiger partial charge is 0.450 e. The van der Waals surface area contributed by atoms with Crippen LogP contribution in [-0.4, -0.2) is 40.8 Å². The summed E-state index contributed by atoms with van der Waals surface area (Å²) in [4.78, 5) is 9.15. The predicted octanol–water partition coefficient (Wildman–Crippen LogP) is 3.62. The molecule has 1 aromatic carbocycles. The van der Waals surface area contributed by atoms with Crippen molar-refractivity contribution in [3.05, 3.63) is 48.9 Å². The monoisotopic (exact) mass is 361 g/mol. The third kappa shape index (κ3) is 52.9. The van der Waals surface area contributed by atoms with Crippen LogP contribution in [0, 0.1) is 6.92 Å². The van der Waals surface area contributed by atoms with Gasteiger partial charge in [0.2, 0.25) is 0 Å². The fraction of sp³-hybridized carbons (Fsp3) is 0.412. The molecule has 0 radical (unpaired) electrons. The van der Waals surface area contributed by atoms with E-state index in [0.29, 0.717) is 0 Å². The van der Waals surface area contributed by atoms with Crippen LogP contribution in [-0.2, 0) is 26.5 Å². The normalized spacial score (nSPS) is 8.57. The second-order valence-electron chi connectivity index (χ2n) is 4.47. The number of carboxylic acid groups (broad SMARTS) is 1. The van der Waals surface area contributed by atoms with E-state index in [4.69, 9.17) is 20.1 Å². The molecule has 0 heterocycles. The van der Waals surface area contributed by atoms with Gasteiger partial charge in [0, 0.05) is 33.9 Å². The van der Waals surface area contributed by atoms with Crippen LogP contribution in [0.2, 0.25) is 0 Å². The standard InChI is InChI=1S/C9H9.2C3H8O.C2H4O3.Ti/c1-2-6-9-7-4-3-5-8-9;2*1-3(2)4;1-5-2(3)4;/h2-8H,1H2;2*3-4H,1-2H3;1H3,(H,3,4);/q-1;;;;/b6-2+;;;;. The predicted molar refractivity (Wildman–Crippen MR) is 90.6 cm³/mol. The SMILES string of the molecule is CC(C)O.CC(C)O.COC(=O)O.[CH2-]/C=C/c1ccccc1.[Ti]. The number of benzene rings is 1. The van der Waals surface area contributed by atoms with E-state index in [1.54, 1.807) is 33.8 Å². The van der Waals surface area contributed by atoms with Crippen LogP contribution in [0.5, 0.6) is 0 Å². The Morgan fingerprint density at radius 1 is 1.09 bits per heavy atom. The van der Waals surface area contributed by atoms with Gasteiger partial charge in [0.05, 0.1) is 7.11 Å². The molecule has 0 aliphatic heterocycles. The minimum Gasteiger partial charge on any atom is -0.450 e. The molecule has 0 spiro atoms. The minimum absolute atomic E-state index is 0. The maximum Gasteiger partial charge on any atom is 0.505 e. The van der Waals surface area contributed by atoms with Gasteiger partial charge in [0.1, 0.15) is 0 Å². The zero-order valence-corrected chi connectivity index (χ0v) is 16.1. The Bertz CT molecular complexity index is 353. The molecule has 6 heteroatoms. The Labute approximate surface area is 154 Å². The summed E-state index contributed by atoms with van der Waals surface area (Å²) in [7, 11) is 1.10. The van der Waals surface area contributed by atoms with Crippen molar-refractivity contribution in [2.24, 2.45) is 0 Å². The Kier molecular flexibility index (Phi) is 29.7. The van der Waals surface area contributed by atoms with Gasteiger partial charge in [0.15, 0.2) is 0 Å². The number of aliphatic hydroxyl groups excluding tert-OH is 2. The maximum absolute atomic E-state index is 9.15. The first-order valence-corrected chi connectivity index (χ1v) is 6.81. The summed E-state index contributed by atoms with van der Waals surface area (Å²) in [6, 6.07) is 10.1. The van der Waals surface area contributed by atoms with Crippen molar-refractivity contribution in [1.29, 1.82) is 0 Å². The number of carbonyl (C=O) groups is 1. The Morgan fingerprint density at radius 3 is 1.61 bits per heavy atom. The number of ether oxygens (including phenoxy) is 1. The molecule has 0 aliphatic rings. The summed E-state index contributed by atoms with van der Waals surface area (Å²) in [5, 5.41) is 23.6. The number of hydrogen-bond donors (Lipinski definition) is 3. The van der Waals surface area contributed by atoms with Crippen molar-refractivity contribution >= 4 is 12.2 Å². The van der Waals surface area contributed by atoms with Crippen molar-refractivity contribution < 1.29 is 46.6 Å². The molecular weight excluding hydrogens is 332 g/mol. The van der Waals surface area contributed by atoms with Gasteiger partial charge in [-0.15, -0.1) is 5.56 Å². The van der Waals surface area contributed by atoms with Gasteiger partial charge in [-0.25, -0.2) is 23.9 Å². The van der Waals surface area contributed by atoms with E-state index in [1.165, 1.54) is 5.56 Å². The molecule has 23 heavy (non-hydrogen) atoms. The molecule has 3 N–H and O–H groups in total. The largest absolute Gasteiger partial charge is 0.505 e. The van der Waals surface area contributed by atoms with Crippen molar-refractivity contribution in [3.8, 4) is 0 Å². The summed E-state index contributed by atoms with van der Waals surface area (Å²) < 4.78 is 3.67. The molecule has 0 bridgehead atoms. The first-order chi connectivity index (χ1) is 10.2. The van der Waals surface area contributed by atoms with Gasteiger partial charge in [-0.1, -0.05) is 30.3 Å². The van der Waals surface area contributed by atoms with Crippen LogP contribution >= 0.6 is 0 Å². The van der Waals surface area contributed by atoms with E-state index in [9.17, 15) is 0 Å². The molecule has 0 aromatic heterocycles. The summed E-state index contributed by atoms with van der Waals surface area (Å²) in [6.45, 7) is 10.5. The van der Waals surface area contributed by atoms with Crippen LogP contribution in [0.3, 0.4) is 0 Å². The van der Waals surface area contributed by atoms with Crippen molar-refractivity contribution in [3.63, 3.8) is 0 Å². The van der Waals surface area contributed by atoms with Crippen LogP contribution in [0.15, 0.2) is 36.4 Å². The second-order valence-corrected chi connectivity index (χ2v) is 4.47. The molecule has 132 valence electrons. The molecule has 0 aliphatic carbocycles. The Balaban J connectivity index is -0.000000112. The maximum atomic E-state index is 9.15. The minimum atomic E-state index is -1.25. The van der Waals surface area contributed by atoms with E-state index >= 15 is 0 Å². The summed E-state index contributed by atoms with van der Waals surface area (Å²) >= 11 is 0. The van der Waals surface area contributed by atoms with Crippen LogP contribution < -0.4 is 0 Å². The van der Waals surface area contributed by atoms with Crippen LogP contribution in [0.4, 0.5) is 4.79 Å². The molecule has 1 aromatic rings. The van der Waals surface area contributed by atoms with Gasteiger partial charge in [0.25, 0.3) is 0 Å². The molecule has 0 fully saturated rings. The summed E-state index contributed by atoms with van der Waals surface area (Å²) in [5.74, 6) is 0. The van der Waals surface area contributed by atoms with E-state index in [-0.39, 0.29) is 33.9 Å². The average Bonchev–Trinajstić information content (AvgIpc) is 2.39. The molecule has 0 atom stereocenters. The topological polar surface area (TPSA) is 87.0 Å². The zero-order chi connectivity index (χ0) is 18.0. The average molecular weight is 361 g/mol. The second kappa shape index (κ2) is 23.0. The first-order valence-electron chi connectivity index (χ1n) is 6.81. The molecule has 0 saturated heterocycles. The number of rotatable bonds is 1. The number of methoxy groups -OCH3 is 1. The van der Waals surface area contributed by atoms with Gasteiger partial charge >= 0.3 is 6.16 Å². The number of aliphatic hydroxyl groups is 2. The van der Waals surface area contributed by atoms with Gasteiger partial charge in [-0.05, 0) is 27.7 Å². The van der Waals surface area contributed by atoms with Crippen molar-refractivity contribution in [2.75, 3.05) is 7.11 Å². The van der Waals surface area contributed by atoms with Gasteiger partial charge in [-0.3, -0.25) is 0 Å². The molecule has 1 rings (SSSR count). The van der Waals surface area contributed by atoms with Crippen LogP contribution in [0.25, 0.3) is 6.08 Å². The summed E-state index contributed by atoms with van der Waals surface area (Å²) in [5.41, 5.74) is 1.20. The third-order valence-corrected chi connectivity index (χ3v) is 1.28.